The van der Waals surface area contributed by atoms with E-state index in [1.165, 1.54) is 29.7 Å². The van der Waals surface area contributed by atoms with Crippen LogP contribution in [0.2, 0.25) is 10.2 Å². The van der Waals surface area contributed by atoms with E-state index in [0.717, 1.165) is 0 Å². The summed E-state index contributed by atoms with van der Waals surface area (Å²) in [6.07, 6.45) is 1.40. The summed E-state index contributed by atoms with van der Waals surface area (Å²) in [6.45, 7) is 0. The lowest BCUT2D eigenvalue weighted by Crippen LogP contribution is -2.17. The zero-order chi connectivity index (χ0) is 18.5. The van der Waals surface area contributed by atoms with E-state index in [-0.39, 0.29) is 10.9 Å². The van der Waals surface area contributed by atoms with Gasteiger partial charge < -0.3 is 10.4 Å². The van der Waals surface area contributed by atoms with Crippen molar-refractivity contribution in [3.63, 3.8) is 0 Å². The topological polar surface area (TPSA) is 86.6 Å². The Morgan fingerprint density at radius 1 is 1.19 bits per heavy atom. The maximum absolute atomic E-state index is 11.9. The van der Waals surface area contributed by atoms with Crippen LogP contribution >= 0.6 is 34.5 Å². The Labute approximate surface area is 163 Å². The van der Waals surface area contributed by atoms with Crippen molar-refractivity contribution in [1.82, 2.24) is 10.4 Å². The van der Waals surface area contributed by atoms with Crippen molar-refractivity contribution >= 4 is 57.5 Å². The lowest BCUT2D eigenvalue weighted by atomic mass is 10.2. The summed E-state index contributed by atoms with van der Waals surface area (Å²) in [5.74, 6) is -0.449. The van der Waals surface area contributed by atoms with Crippen LogP contribution in [-0.4, -0.2) is 22.2 Å². The van der Waals surface area contributed by atoms with Gasteiger partial charge in [-0.15, -0.1) is 0 Å². The quantitative estimate of drug-likeness (QED) is 0.424. The average molecular weight is 407 g/mol. The Morgan fingerprint density at radius 3 is 2.77 bits per heavy atom. The molecule has 0 atom stereocenters. The highest BCUT2D eigenvalue weighted by Crippen LogP contribution is 2.30. The van der Waals surface area contributed by atoms with Crippen LogP contribution in [0.4, 0.5) is 10.8 Å². The molecule has 6 nitrogen and oxygen atoms in total. The molecule has 0 unspecified atom stereocenters. The van der Waals surface area contributed by atoms with Gasteiger partial charge in [-0.1, -0.05) is 52.7 Å². The summed E-state index contributed by atoms with van der Waals surface area (Å²) in [5.41, 5.74) is 3.37. The lowest BCUT2D eigenvalue weighted by Gasteiger charge is -2.03. The van der Waals surface area contributed by atoms with Crippen molar-refractivity contribution in [3.8, 4) is 5.75 Å². The number of anilines is 2. The number of rotatable bonds is 5. The van der Waals surface area contributed by atoms with Crippen molar-refractivity contribution in [2.45, 2.75) is 0 Å². The van der Waals surface area contributed by atoms with Crippen molar-refractivity contribution in [2.75, 3.05) is 5.32 Å². The fourth-order valence-corrected chi connectivity index (χ4v) is 3.21. The summed E-state index contributed by atoms with van der Waals surface area (Å²) in [5, 5.41) is 17.7. The summed E-state index contributed by atoms with van der Waals surface area (Å²) in [6, 6.07) is 13.2. The molecule has 0 aliphatic rings. The molecule has 0 aliphatic heterocycles. The number of hydrogen-bond donors (Lipinski definition) is 3. The van der Waals surface area contributed by atoms with E-state index in [9.17, 15) is 9.90 Å². The van der Waals surface area contributed by atoms with E-state index in [2.05, 4.69) is 20.8 Å². The largest absolute Gasteiger partial charge is 0.508 e. The van der Waals surface area contributed by atoms with E-state index >= 15 is 0 Å². The highest BCUT2D eigenvalue weighted by Gasteiger charge is 2.10. The predicted octanol–water partition coefficient (Wildman–Crippen LogP) is 4.66. The van der Waals surface area contributed by atoms with E-state index in [1.807, 2.05) is 18.2 Å². The molecular weight excluding hydrogens is 395 g/mol. The van der Waals surface area contributed by atoms with Gasteiger partial charge in [-0.3, -0.25) is 4.79 Å². The molecule has 0 bridgehead atoms. The monoisotopic (exact) mass is 406 g/mol. The van der Waals surface area contributed by atoms with Crippen LogP contribution in [0.5, 0.6) is 5.75 Å². The van der Waals surface area contributed by atoms with Crippen LogP contribution in [0, 0.1) is 0 Å². The fourth-order valence-electron chi connectivity index (χ4n) is 1.99. The third kappa shape index (κ3) is 4.51. The lowest BCUT2D eigenvalue weighted by molar-refractivity contribution is 0.0954. The predicted molar refractivity (Wildman–Crippen MR) is 105 cm³/mol. The molecule has 3 aromatic rings. The third-order valence-corrected chi connectivity index (χ3v) is 4.82. The number of carbonyl (C=O) groups is 1. The Morgan fingerprint density at radius 2 is 2.00 bits per heavy atom. The first kappa shape index (κ1) is 18.2. The van der Waals surface area contributed by atoms with E-state index < -0.39 is 5.91 Å². The highest BCUT2D eigenvalue weighted by atomic mass is 35.5. The van der Waals surface area contributed by atoms with Crippen molar-refractivity contribution in [1.29, 1.82) is 0 Å². The smallest absolute Gasteiger partial charge is 0.271 e. The molecule has 0 fully saturated rings. The molecule has 9 heteroatoms. The maximum atomic E-state index is 11.9. The normalized spacial score (nSPS) is 10.8. The molecule has 132 valence electrons. The first-order chi connectivity index (χ1) is 12.5. The first-order valence-electron chi connectivity index (χ1n) is 7.33. The minimum Gasteiger partial charge on any atom is -0.508 e. The van der Waals surface area contributed by atoms with Gasteiger partial charge in [0.05, 0.1) is 21.8 Å². The fraction of sp³-hybridized carbons (Fsp3) is 0. The Kier molecular flexibility index (Phi) is 5.72. The molecule has 3 rings (SSSR count). The van der Waals surface area contributed by atoms with Gasteiger partial charge >= 0.3 is 0 Å². The summed E-state index contributed by atoms with van der Waals surface area (Å²) in [4.78, 5) is 16.7. The zero-order valence-corrected chi connectivity index (χ0v) is 15.4. The molecule has 0 spiro atoms. The summed E-state index contributed by atoms with van der Waals surface area (Å²) >= 11 is 13.5. The molecule has 0 saturated heterocycles. The first-order valence-corrected chi connectivity index (χ1v) is 8.90. The maximum Gasteiger partial charge on any atom is 0.271 e. The molecular formula is C17H12Cl2N4O2S. The zero-order valence-electron chi connectivity index (χ0n) is 13.1. The molecule has 0 saturated carbocycles. The number of aromatic hydroxyl groups is 1. The number of phenolic OH excluding ortho intramolecular Hbond substituents is 1. The van der Waals surface area contributed by atoms with Gasteiger partial charge in [-0.2, -0.15) is 5.10 Å². The van der Waals surface area contributed by atoms with E-state index in [0.29, 0.717) is 26.3 Å². The van der Waals surface area contributed by atoms with Gasteiger partial charge in [-0.05, 0) is 30.3 Å². The van der Waals surface area contributed by atoms with Crippen LogP contribution in [0.1, 0.15) is 15.2 Å². The van der Waals surface area contributed by atoms with Crippen LogP contribution in [-0.2, 0) is 0 Å². The number of amides is 1. The molecule has 0 radical (unpaired) electrons. The highest BCUT2D eigenvalue weighted by molar-refractivity contribution is 7.17. The number of benzene rings is 2. The van der Waals surface area contributed by atoms with Crippen LogP contribution in [0.15, 0.2) is 53.6 Å². The standard InChI is InChI=1S/C17H12Cl2N4O2S/c18-12-6-1-2-7-13(12)21-17-22-15(19)14(26-17)9-20-23-16(25)10-4-3-5-11(24)8-10/h1-9,24H,(H,21,22)(H,23,25)/b20-9+. The third-order valence-electron chi connectivity index (χ3n) is 3.18. The van der Waals surface area contributed by atoms with Crippen LogP contribution in [0.3, 0.4) is 0 Å². The van der Waals surface area contributed by atoms with Gasteiger partial charge in [0.1, 0.15) is 5.75 Å². The van der Waals surface area contributed by atoms with E-state index in [1.54, 1.807) is 18.2 Å². The SMILES string of the molecule is O=C(N/N=C/c1sc(Nc2ccccc2Cl)nc1Cl)c1cccc(O)c1. The number of hydrogen-bond acceptors (Lipinski definition) is 6. The minimum absolute atomic E-state index is 0.00224. The number of nitrogens with one attached hydrogen (secondary N) is 2. The van der Waals surface area contributed by atoms with E-state index in [4.69, 9.17) is 23.2 Å². The molecule has 3 N–H and O–H groups in total. The second kappa shape index (κ2) is 8.18. The van der Waals surface area contributed by atoms with Gasteiger partial charge in [0.15, 0.2) is 10.3 Å². The molecule has 26 heavy (non-hydrogen) atoms. The Hall–Kier alpha value is -2.61. The second-order valence-electron chi connectivity index (χ2n) is 5.03. The van der Waals surface area contributed by atoms with Gasteiger partial charge in [0, 0.05) is 5.56 Å². The number of carbonyl (C=O) groups excluding carboxylic acids is 1. The molecule has 0 aliphatic carbocycles. The minimum atomic E-state index is -0.452. The van der Waals surface area contributed by atoms with Crippen molar-refractivity contribution in [3.05, 3.63) is 69.1 Å². The summed E-state index contributed by atoms with van der Waals surface area (Å²) < 4.78 is 0. The van der Waals surface area contributed by atoms with Gasteiger partial charge in [-0.25, -0.2) is 10.4 Å². The molecule has 1 heterocycles. The van der Waals surface area contributed by atoms with Crippen molar-refractivity contribution in [2.24, 2.45) is 5.10 Å². The molecule has 2 aromatic carbocycles. The number of phenols is 1. The Bertz CT molecular complexity index is 975. The number of nitrogens with zero attached hydrogens (tertiary/aromatic N) is 2. The number of halogens is 2. The second-order valence-corrected chi connectivity index (χ2v) is 6.82. The average Bonchev–Trinajstić information content (AvgIpc) is 2.96. The number of aromatic nitrogens is 1. The van der Waals surface area contributed by atoms with Crippen LogP contribution in [0.25, 0.3) is 0 Å². The molecule has 1 aromatic heterocycles. The van der Waals surface area contributed by atoms with Crippen molar-refractivity contribution < 1.29 is 9.90 Å². The number of hydrazone groups is 1. The van der Waals surface area contributed by atoms with Gasteiger partial charge in [0.2, 0.25) is 0 Å². The Balaban J connectivity index is 1.67. The number of para-hydroxylation sites is 1. The van der Waals surface area contributed by atoms with Gasteiger partial charge in [0.25, 0.3) is 5.91 Å². The summed E-state index contributed by atoms with van der Waals surface area (Å²) in [7, 11) is 0. The molecule has 1 amide bonds. The van der Waals surface area contributed by atoms with Crippen LogP contribution < -0.4 is 10.7 Å². The number of thiazole rings is 1.